The van der Waals surface area contributed by atoms with Crippen LogP contribution in [0.15, 0.2) is 0 Å². The second kappa shape index (κ2) is 12.1. The molecule has 12 nitrogen and oxygen atoms in total. The fourth-order valence-corrected chi connectivity index (χ4v) is 1.98. The third-order valence-electron chi connectivity index (χ3n) is 3.13. The highest BCUT2D eigenvalue weighted by molar-refractivity contribution is 7.80. The zero-order valence-electron chi connectivity index (χ0n) is 13.8. The van der Waals surface area contributed by atoms with E-state index < -0.39 is 60.9 Å². The fourth-order valence-electron chi connectivity index (χ4n) is 1.73. The van der Waals surface area contributed by atoms with Gasteiger partial charge < -0.3 is 37.6 Å². The second-order valence-corrected chi connectivity index (χ2v) is 5.52. The molecule has 0 fully saturated rings. The first-order valence-electron chi connectivity index (χ1n) is 7.49. The molecule has 0 aliphatic rings. The van der Waals surface area contributed by atoms with Gasteiger partial charge in [-0.1, -0.05) is 0 Å². The van der Waals surface area contributed by atoms with E-state index in [0.29, 0.717) is 0 Å². The van der Waals surface area contributed by atoms with Crippen LogP contribution in [0.1, 0.15) is 12.8 Å². The van der Waals surface area contributed by atoms with Crippen LogP contribution in [0.25, 0.3) is 0 Å². The predicted octanol–water partition coefficient (Wildman–Crippen LogP) is -4.33. The van der Waals surface area contributed by atoms with Crippen molar-refractivity contribution in [2.24, 2.45) is 11.5 Å². The Morgan fingerprint density at radius 1 is 0.962 bits per heavy atom. The van der Waals surface area contributed by atoms with E-state index in [0.717, 1.165) is 0 Å². The lowest BCUT2D eigenvalue weighted by atomic mass is 10.1. The van der Waals surface area contributed by atoms with Gasteiger partial charge in [0.15, 0.2) is 0 Å². The van der Waals surface area contributed by atoms with Crippen molar-refractivity contribution in [1.82, 2.24) is 16.0 Å². The number of carbonyl (C=O) groups is 5. The molecule has 0 saturated carbocycles. The lowest BCUT2D eigenvalue weighted by molar-refractivity contribution is -0.141. The largest absolute Gasteiger partial charge is 0.480 e. The molecule has 0 bridgehead atoms. The summed E-state index contributed by atoms with van der Waals surface area (Å²) in [6, 6.07) is -4.02. The summed E-state index contributed by atoms with van der Waals surface area (Å²) in [4.78, 5) is 57.4. The Labute approximate surface area is 154 Å². The normalized spacial score (nSPS) is 13.8. The molecule has 0 aliphatic carbocycles. The number of aliphatic hydroxyl groups is 1. The molecule has 0 radical (unpaired) electrons. The minimum Gasteiger partial charge on any atom is -0.480 e. The van der Waals surface area contributed by atoms with Gasteiger partial charge in [0.2, 0.25) is 23.6 Å². The van der Waals surface area contributed by atoms with E-state index in [-0.39, 0.29) is 18.6 Å². The second-order valence-electron chi connectivity index (χ2n) is 5.15. The summed E-state index contributed by atoms with van der Waals surface area (Å²) in [6.45, 7) is -1.24. The minimum atomic E-state index is -1.48. The molecule has 0 heterocycles. The summed E-state index contributed by atoms with van der Waals surface area (Å²) >= 11 is 3.78. The van der Waals surface area contributed by atoms with Crippen LogP contribution >= 0.6 is 12.6 Å². The van der Waals surface area contributed by atoms with E-state index in [2.05, 4.69) is 28.6 Å². The van der Waals surface area contributed by atoms with Crippen molar-refractivity contribution >= 4 is 42.2 Å². The Hall–Kier alpha value is -2.38. The van der Waals surface area contributed by atoms with Gasteiger partial charge in [-0.05, 0) is 6.42 Å². The smallest absolute Gasteiger partial charge is 0.327 e. The van der Waals surface area contributed by atoms with Crippen molar-refractivity contribution in [3.05, 3.63) is 0 Å². The van der Waals surface area contributed by atoms with Gasteiger partial charge in [0.1, 0.15) is 18.1 Å². The zero-order valence-corrected chi connectivity index (χ0v) is 14.7. The number of primary amides is 1. The number of carbonyl (C=O) groups excluding carboxylic acids is 4. The summed E-state index contributed by atoms with van der Waals surface area (Å²) in [5, 5.41) is 24.7. The average Bonchev–Trinajstić information content (AvgIpc) is 2.59. The molecule has 0 rings (SSSR count). The number of nitrogens with two attached hydrogens (primary N) is 2. The molecule has 0 aromatic heterocycles. The molecular formula is C13H23N5O7S. The highest BCUT2D eigenvalue weighted by Gasteiger charge is 2.28. The van der Waals surface area contributed by atoms with Crippen molar-refractivity contribution in [3.63, 3.8) is 0 Å². The summed E-state index contributed by atoms with van der Waals surface area (Å²) in [7, 11) is 0. The van der Waals surface area contributed by atoms with Crippen LogP contribution in [-0.2, 0) is 24.0 Å². The molecule has 148 valence electrons. The summed E-state index contributed by atoms with van der Waals surface area (Å²) in [6.07, 6.45) is -0.374. The van der Waals surface area contributed by atoms with Crippen molar-refractivity contribution in [1.29, 1.82) is 0 Å². The van der Waals surface area contributed by atoms with Gasteiger partial charge in [-0.15, -0.1) is 0 Å². The molecule has 0 saturated heterocycles. The monoisotopic (exact) mass is 393 g/mol. The maximum atomic E-state index is 12.2. The molecule has 0 spiro atoms. The van der Waals surface area contributed by atoms with Gasteiger partial charge in [0.25, 0.3) is 0 Å². The Kier molecular flexibility index (Phi) is 10.9. The maximum Gasteiger partial charge on any atom is 0.327 e. The topological polar surface area (TPSA) is 214 Å². The first-order valence-corrected chi connectivity index (χ1v) is 8.12. The van der Waals surface area contributed by atoms with Gasteiger partial charge in [0.05, 0.1) is 13.2 Å². The highest BCUT2D eigenvalue weighted by atomic mass is 32.1. The Bertz CT molecular complexity index is 545. The molecule has 4 amide bonds. The van der Waals surface area contributed by atoms with Crippen LogP contribution < -0.4 is 27.4 Å². The number of nitrogens with one attached hydrogen (secondary N) is 3. The number of aliphatic hydroxyl groups excluding tert-OH is 1. The van der Waals surface area contributed by atoms with E-state index in [1.165, 1.54) is 0 Å². The van der Waals surface area contributed by atoms with Gasteiger partial charge in [-0.25, -0.2) is 4.79 Å². The van der Waals surface area contributed by atoms with Gasteiger partial charge in [-0.2, -0.15) is 12.6 Å². The number of hydrogen-bond donors (Lipinski definition) is 8. The van der Waals surface area contributed by atoms with E-state index in [1.54, 1.807) is 0 Å². The molecule has 26 heavy (non-hydrogen) atoms. The highest BCUT2D eigenvalue weighted by Crippen LogP contribution is 1.99. The van der Waals surface area contributed by atoms with Crippen LogP contribution in [0.5, 0.6) is 0 Å². The maximum absolute atomic E-state index is 12.2. The molecule has 0 aromatic carbocycles. The Morgan fingerprint density at radius 3 is 1.92 bits per heavy atom. The van der Waals surface area contributed by atoms with Gasteiger partial charge in [-0.3, -0.25) is 19.2 Å². The van der Waals surface area contributed by atoms with E-state index in [4.69, 9.17) is 16.6 Å². The standard InChI is InChI=1S/C13H23N5O7S/c14-3-10(21)16-6(1-2-9(15)20)11(22)17-7(4-19)12(23)18-8(5-26)13(24)25/h6-8,19,26H,1-5,14H2,(H2,15,20)(H,16,21)(H,17,22)(H,18,23)(H,24,25). The van der Waals surface area contributed by atoms with Crippen LogP contribution in [0.4, 0.5) is 0 Å². The van der Waals surface area contributed by atoms with Gasteiger partial charge >= 0.3 is 5.97 Å². The van der Waals surface area contributed by atoms with E-state index >= 15 is 0 Å². The average molecular weight is 393 g/mol. The predicted molar refractivity (Wildman–Crippen MR) is 91.8 cm³/mol. The van der Waals surface area contributed by atoms with Crippen molar-refractivity contribution in [2.45, 2.75) is 31.0 Å². The summed E-state index contributed by atoms with van der Waals surface area (Å²) in [5.41, 5.74) is 10.2. The first kappa shape index (κ1) is 23.6. The van der Waals surface area contributed by atoms with Crippen LogP contribution in [0.2, 0.25) is 0 Å². The number of rotatable bonds is 12. The van der Waals surface area contributed by atoms with Crippen molar-refractivity contribution in [2.75, 3.05) is 18.9 Å². The number of carboxylic acids is 1. The van der Waals surface area contributed by atoms with Gasteiger partial charge in [0, 0.05) is 12.2 Å². The molecule has 0 aliphatic heterocycles. The number of hydrogen-bond acceptors (Lipinski definition) is 8. The van der Waals surface area contributed by atoms with Crippen LogP contribution in [-0.4, -0.2) is 76.8 Å². The third kappa shape index (κ3) is 8.64. The quantitative estimate of drug-likeness (QED) is 0.151. The number of carboxylic acid groups (broad SMARTS) is 1. The number of aliphatic carboxylic acids is 1. The molecule has 9 N–H and O–H groups in total. The van der Waals surface area contributed by atoms with Crippen molar-refractivity contribution < 1.29 is 34.2 Å². The minimum absolute atomic E-state index is 0.152. The molecule has 0 aromatic rings. The Balaban J connectivity index is 5.01. The lowest BCUT2D eigenvalue weighted by Crippen LogP contribution is -2.57. The molecule has 13 heteroatoms. The Morgan fingerprint density at radius 2 is 1.50 bits per heavy atom. The van der Waals surface area contributed by atoms with Crippen molar-refractivity contribution in [3.8, 4) is 0 Å². The summed E-state index contributed by atoms with van der Waals surface area (Å²) in [5.74, 6) is -4.77. The molecule has 3 unspecified atom stereocenters. The lowest BCUT2D eigenvalue weighted by Gasteiger charge is -2.22. The number of amides is 4. The molecular weight excluding hydrogens is 370 g/mol. The molecule has 3 atom stereocenters. The van der Waals surface area contributed by atoms with Crippen LogP contribution in [0.3, 0.4) is 0 Å². The third-order valence-corrected chi connectivity index (χ3v) is 3.49. The van der Waals surface area contributed by atoms with E-state index in [1.807, 2.05) is 0 Å². The van der Waals surface area contributed by atoms with Crippen LogP contribution in [0, 0.1) is 0 Å². The van der Waals surface area contributed by atoms with E-state index in [9.17, 15) is 29.1 Å². The SMILES string of the molecule is NCC(=O)NC(CCC(N)=O)C(=O)NC(CO)C(=O)NC(CS)C(=O)O. The summed E-state index contributed by atoms with van der Waals surface area (Å²) < 4.78 is 0. The first-order chi connectivity index (χ1) is 12.2. The number of thiol groups is 1. The fraction of sp³-hybridized carbons (Fsp3) is 0.615. The zero-order chi connectivity index (χ0) is 20.3.